The Kier molecular flexibility index (Phi) is 6.55. The largest absolute Gasteiger partial charge is 0.390 e. The molecule has 1 fully saturated rings. The Morgan fingerprint density at radius 1 is 1.16 bits per heavy atom. The SMILES string of the molecule is Cc1cc(NC(=O)c2c(C)c(C(=O)C(=O)N[C@H]3CC[C@](C)(O)CC3)n(C)c2C)ccc1F. The van der Waals surface area contributed by atoms with Gasteiger partial charge in [0, 0.05) is 24.5 Å². The molecule has 2 amide bonds. The van der Waals surface area contributed by atoms with E-state index in [-0.39, 0.29) is 17.6 Å². The number of carbonyl (C=O) groups excluding carboxylic acids is 3. The van der Waals surface area contributed by atoms with Crippen molar-refractivity contribution >= 4 is 23.3 Å². The first-order valence-corrected chi connectivity index (χ1v) is 10.7. The third-order valence-electron chi connectivity index (χ3n) is 6.39. The second kappa shape index (κ2) is 8.86. The number of Topliss-reactive ketones (excluding diaryl/α,β-unsaturated/α-hetero) is 1. The van der Waals surface area contributed by atoms with Gasteiger partial charge in [-0.3, -0.25) is 14.4 Å². The predicted molar refractivity (Wildman–Crippen MR) is 119 cm³/mol. The van der Waals surface area contributed by atoms with Crippen LogP contribution in [0, 0.1) is 26.6 Å². The van der Waals surface area contributed by atoms with Crippen molar-refractivity contribution in [1.82, 2.24) is 9.88 Å². The number of aryl methyl sites for hydroxylation is 1. The van der Waals surface area contributed by atoms with Gasteiger partial charge in [0.1, 0.15) is 5.82 Å². The van der Waals surface area contributed by atoms with Crippen LogP contribution in [-0.2, 0) is 11.8 Å². The van der Waals surface area contributed by atoms with E-state index in [4.69, 9.17) is 0 Å². The van der Waals surface area contributed by atoms with Crippen molar-refractivity contribution in [2.75, 3.05) is 5.32 Å². The summed E-state index contributed by atoms with van der Waals surface area (Å²) in [6.45, 7) is 6.71. The monoisotopic (exact) mass is 443 g/mol. The van der Waals surface area contributed by atoms with E-state index in [0.717, 1.165) is 0 Å². The van der Waals surface area contributed by atoms with Crippen LogP contribution in [0.1, 0.15) is 70.3 Å². The van der Waals surface area contributed by atoms with E-state index < -0.39 is 23.2 Å². The molecular formula is C24H30FN3O4. The van der Waals surface area contributed by atoms with E-state index >= 15 is 0 Å². The molecule has 8 heteroatoms. The molecule has 0 spiro atoms. The van der Waals surface area contributed by atoms with E-state index in [9.17, 15) is 23.9 Å². The first-order valence-electron chi connectivity index (χ1n) is 10.7. The highest BCUT2D eigenvalue weighted by molar-refractivity contribution is 6.43. The lowest BCUT2D eigenvalue weighted by molar-refractivity contribution is -0.118. The summed E-state index contributed by atoms with van der Waals surface area (Å²) in [5, 5.41) is 15.6. The molecule has 2 aromatic rings. The summed E-state index contributed by atoms with van der Waals surface area (Å²) < 4.78 is 15.1. The fraction of sp³-hybridized carbons (Fsp3) is 0.458. The van der Waals surface area contributed by atoms with Crippen LogP contribution >= 0.6 is 0 Å². The van der Waals surface area contributed by atoms with Crippen molar-refractivity contribution < 1.29 is 23.9 Å². The summed E-state index contributed by atoms with van der Waals surface area (Å²) in [7, 11) is 1.64. The van der Waals surface area contributed by atoms with Gasteiger partial charge in [0.2, 0.25) is 0 Å². The molecule has 7 nitrogen and oxygen atoms in total. The average molecular weight is 444 g/mol. The number of aromatic nitrogens is 1. The Hall–Kier alpha value is -3.00. The number of aliphatic hydroxyl groups is 1. The molecule has 0 aliphatic heterocycles. The fourth-order valence-electron chi connectivity index (χ4n) is 4.29. The van der Waals surface area contributed by atoms with Crippen LogP contribution < -0.4 is 10.6 Å². The molecule has 1 saturated carbocycles. The predicted octanol–water partition coefficient (Wildman–Crippen LogP) is 3.33. The van der Waals surface area contributed by atoms with E-state index in [2.05, 4.69) is 10.6 Å². The van der Waals surface area contributed by atoms with Gasteiger partial charge < -0.3 is 20.3 Å². The molecule has 3 N–H and O–H groups in total. The van der Waals surface area contributed by atoms with Gasteiger partial charge in [-0.15, -0.1) is 0 Å². The number of carbonyl (C=O) groups is 3. The number of ketones is 1. The number of amides is 2. The maximum Gasteiger partial charge on any atom is 0.294 e. The molecule has 1 heterocycles. The number of nitrogens with zero attached hydrogens (tertiary/aromatic N) is 1. The van der Waals surface area contributed by atoms with Gasteiger partial charge in [0.15, 0.2) is 0 Å². The van der Waals surface area contributed by atoms with Gasteiger partial charge in [-0.1, -0.05) is 0 Å². The number of halogens is 1. The highest BCUT2D eigenvalue weighted by Gasteiger charge is 2.33. The smallest absolute Gasteiger partial charge is 0.294 e. The third-order valence-corrected chi connectivity index (χ3v) is 6.39. The van der Waals surface area contributed by atoms with Crippen molar-refractivity contribution in [3.63, 3.8) is 0 Å². The number of benzene rings is 1. The Balaban J connectivity index is 1.78. The number of rotatable bonds is 5. The lowest BCUT2D eigenvalue weighted by Crippen LogP contribution is -2.44. The van der Waals surface area contributed by atoms with Crippen LogP contribution in [0.4, 0.5) is 10.1 Å². The van der Waals surface area contributed by atoms with Crippen LogP contribution in [0.3, 0.4) is 0 Å². The van der Waals surface area contributed by atoms with Crippen molar-refractivity contribution in [1.29, 1.82) is 0 Å². The molecule has 172 valence electrons. The van der Waals surface area contributed by atoms with E-state index in [1.807, 2.05) is 0 Å². The number of hydrogen-bond donors (Lipinski definition) is 3. The summed E-state index contributed by atoms with van der Waals surface area (Å²) in [6.07, 6.45) is 2.31. The van der Waals surface area contributed by atoms with Crippen molar-refractivity contribution in [3.8, 4) is 0 Å². The quantitative estimate of drug-likeness (QED) is 0.487. The fourth-order valence-corrected chi connectivity index (χ4v) is 4.29. The van der Waals surface area contributed by atoms with Crippen LogP contribution in [0.5, 0.6) is 0 Å². The van der Waals surface area contributed by atoms with Gasteiger partial charge in [0.05, 0.1) is 16.9 Å². The third kappa shape index (κ3) is 4.75. The van der Waals surface area contributed by atoms with Gasteiger partial charge >= 0.3 is 0 Å². The van der Waals surface area contributed by atoms with Crippen LogP contribution in [0.25, 0.3) is 0 Å². The number of hydrogen-bond acceptors (Lipinski definition) is 4. The topological polar surface area (TPSA) is 100 Å². The number of nitrogens with one attached hydrogen (secondary N) is 2. The lowest BCUT2D eigenvalue weighted by Gasteiger charge is -2.33. The van der Waals surface area contributed by atoms with E-state index in [1.54, 1.807) is 39.3 Å². The molecular weight excluding hydrogens is 413 g/mol. The first kappa shape index (κ1) is 23.7. The molecule has 1 aromatic heterocycles. The molecule has 0 saturated heterocycles. The van der Waals surface area contributed by atoms with Gasteiger partial charge in [-0.05, 0) is 82.7 Å². The summed E-state index contributed by atoms with van der Waals surface area (Å²) in [6, 6.07) is 4.11. The molecule has 0 radical (unpaired) electrons. The molecule has 0 unspecified atom stereocenters. The summed E-state index contributed by atoms with van der Waals surface area (Å²) >= 11 is 0. The second-order valence-corrected chi connectivity index (χ2v) is 8.98. The van der Waals surface area contributed by atoms with Crippen LogP contribution in [0.15, 0.2) is 18.2 Å². The highest BCUT2D eigenvalue weighted by atomic mass is 19.1. The van der Waals surface area contributed by atoms with Gasteiger partial charge in [-0.25, -0.2) is 4.39 Å². The van der Waals surface area contributed by atoms with E-state index in [0.29, 0.717) is 53.8 Å². The lowest BCUT2D eigenvalue weighted by atomic mass is 9.83. The highest BCUT2D eigenvalue weighted by Crippen LogP contribution is 2.28. The average Bonchev–Trinajstić information content (AvgIpc) is 2.94. The molecule has 0 atom stereocenters. The Morgan fingerprint density at radius 3 is 2.38 bits per heavy atom. The zero-order chi connectivity index (χ0) is 23.8. The van der Waals surface area contributed by atoms with Crippen LogP contribution in [0.2, 0.25) is 0 Å². The van der Waals surface area contributed by atoms with Crippen LogP contribution in [-0.4, -0.2) is 38.9 Å². The summed E-state index contributed by atoms with van der Waals surface area (Å²) in [5.41, 5.74) is 1.53. The summed E-state index contributed by atoms with van der Waals surface area (Å²) in [5.74, 6) is -2.23. The molecule has 1 aliphatic carbocycles. The number of anilines is 1. The Morgan fingerprint density at radius 2 is 1.78 bits per heavy atom. The second-order valence-electron chi connectivity index (χ2n) is 8.98. The summed E-state index contributed by atoms with van der Waals surface area (Å²) in [4.78, 5) is 38.6. The molecule has 3 rings (SSSR count). The van der Waals surface area contributed by atoms with Crippen molar-refractivity contribution in [2.45, 2.75) is 65.0 Å². The normalized spacial score (nSPS) is 20.7. The molecule has 32 heavy (non-hydrogen) atoms. The molecule has 0 bridgehead atoms. The van der Waals surface area contributed by atoms with E-state index in [1.165, 1.54) is 18.2 Å². The zero-order valence-electron chi connectivity index (χ0n) is 19.1. The zero-order valence-corrected chi connectivity index (χ0v) is 19.1. The minimum atomic E-state index is -0.734. The maximum atomic E-state index is 13.5. The Bertz CT molecular complexity index is 1080. The van der Waals surface area contributed by atoms with Crippen molar-refractivity contribution in [2.24, 2.45) is 7.05 Å². The Labute approximate surface area is 187 Å². The minimum Gasteiger partial charge on any atom is -0.390 e. The first-order chi connectivity index (χ1) is 14.9. The van der Waals surface area contributed by atoms with Gasteiger partial charge in [-0.2, -0.15) is 0 Å². The molecule has 1 aliphatic rings. The maximum absolute atomic E-state index is 13.5. The van der Waals surface area contributed by atoms with Crippen molar-refractivity contribution in [3.05, 3.63) is 52.1 Å². The van der Waals surface area contributed by atoms with Gasteiger partial charge in [0.25, 0.3) is 17.6 Å². The molecule has 1 aromatic carbocycles. The standard InChI is InChI=1S/C24H30FN3O4/c1-13-12-17(6-7-18(13)25)27-22(30)19-14(2)20(28(5)15(19)3)21(29)23(31)26-16-8-10-24(4,32)11-9-16/h6-7,12,16,32H,8-11H2,1-5H3,(H,26,31)(H,27,30)/t16-,24-. The minimum absolute atomic E-state index is 0.156.